The van der Waals surface area contributed by atoms with E-state index in [0.717, 1.165) is 26.6 Å². The highest BCUT2D eigenvalue weighted by molar-refractivity contribution is 7.18. The molecular formula is C18H13ClN4OS. The first kappa shape index (κ1) is 15.8. The number of halogens is 1. The third-order valence-electron chi connectivity index (χ3n) is 3.68. The summed E-state index contributed by atoms with van der Waals surface area (Å²) < 4.78 is 2.88. The Hall–Kier alpha value is -2.70. The quantitative estimate of drug-likeness (QED) is 0.539. The van der Waals surface area contributed by atoms with Gasteiger partial charge in [-0.2, -0.15) is 0 Å². The molecule has 1 N–H and O–H groups in total. The van der Waals surface area contributed by atoms with Crippen LogP contribution in [-0.2, 0) is 4.79 Å². The monoisotopic (exact) mass is 368 g/mol. The molecule has 5 nitrogen and oxygen atoms in total. The molecule has 1 amide bonds. The van der Waals surface area contributed by atoms with Crippen molar-refractivity contribution in [3.8, 4) is 0 Å². The van der Waals surface area contributed by atoms with Gasteiger partial charge in [-0.1, -0.05) is 17.7 Å². The zero-order chi connectivity index (χ0) is 17.4. The summed E-state index contributed by atoms with van der Waals surface area (Å²) in [7, 11) is 0. The van der Waals surface area contributed by atoms with Gasteiger partial charge in [0.25, 0.3) is 0 Å². The average molecular weight is 369 g/mol. The minimum atomic E-state index is -0.234. The molecule has 3 aromatic heterocycles. The molecule has 25 heavy (non-hydrogen) atoms. The molecule has 0 bridgehead atoms. The van der Waals surface area contributed by atoms with Gasteiger partial charge in [0.05, 0.1) is 20.9 Å². The summed E-state index contributed by atoms with van der Waals surface area (Å²) in [6, 6.07) is 11.3. The molecule has 0 fully saturated rings. The Morgan fingerprint density at radius 1 is 1.28 bits per heavy atom. The van der Waals surface area contributed by atoms with E-state index in [1.807, 2.05) is 53.9 Å². The topological polar surface area (TPSA) is 59.3 Å². The molecule has 0 saturated carbocycles. The maximum Gasteiger partial charge on any atom is 0.248 e. The third kappa shape index (κ3) is 3.14. The smallest absolute Gasteiger partial charge is 0.248 e. The van der Waals surface area contributed by atoms with Crippen LogP contribution in [0.5, 0.6) is 0 Å². The van der Waals surface area contributed by atoms with Crippen molar-refractivity contribution in [2.24, 2.45) is 0 Å². The first-order valence-corrected chi connectivity index (χ1v) is 8.78. The lowest BCUT2D eigenvalue weighted by Gasteiger charge is -2.01. The molecule has 7 heteroatoms. The van der Waals surface area contributed by atoms with Gasteiger partial charge < -0.3 is 5.32 Å². The number of nitrogens with one attached hydrogen (secondary N) is 1. The van der Waals surface area contributed by atoms with Crippen molar-refractivity contribution < 1.29 is 4.79 Å². The number of amides is 1. The Morgan fingerprint density at radius 2 is 2.16 bits per heavy atom. The molecule has 0 radical (unpaired) electrons. The van der Waals surface area contributed by atoms with Gasteiger partial charge in [-0.25, -0.2) is 9.97 Å². The van der Waals surface area contributed by atoms with Crippen LogP contribution in [0.4, 0.5) is 5.69 Å². The molecule has 0 saturated heterocycles. The fourth-order valence-corrected chi connectivity index (χ4v) is 3.70. The lowest BCUT2D eigenvalue weighted by Crippen LogP contribution is -2.07. The van der Waals surface area contributed by atoms with Crippen LogP contribution in [0.3, 0.4) is 0 Å². The maximum absolute atomic E-state index is 12.2. The summed E-state index contributed by atoms with van der Waals surface area (Å²) >= 11 is 7.76. The number of imidazole rings is 1. The Morgan fingerprint density at radius 3 is 3.04 bits per heavy atom. The molecule has 0 unspecified atom stereocenters. The summed E-state index contributed by atoms with van der Waals surface area (Å²) in [5, 5.41) is 4.21. The number of aromatic nitrogens is 3. The third-order valence-corrected chi connectivity index (χ3v) is 4.89. The van der Waals surface area contributed by atoms with Crippen molar-refractivity contribution in [3.63, 3.8) is 0 Å². The van der Waals surface area contributed by atoms with Crippen molar-refractivity contribution in [1.82, 2.24) is 14.4 Å². The number of anilines is 1. The second-order valence-electron chi connectivity index (χ2n) is 5.45. The van der Waals surface area contributed by atoms with Crippen molar-refractivity contribution in [2.45, 2.75) is 6.92 Å². The lowest BCUT2D eigenvalue weighted by atomic mass is 10.3. The number of hydrogen-bond donors (Lipinski definition) is 1. The second-order valence-corrected chi connectivity index (χ2v) is 7.05. The number of nitrogens with zero attached hydrogens (tertiary/aromatic N) is 3. The van der Waals surface area contributed by atoms with Crippen molar-refractivity contribution in [2.75, 3.05) is 5.32 Å². The number of carbonyl (C=O) groups is 1. The van der Waals surface area contributed by atoms with Gasteiger partial charge in [0.15, 0.2) is 5.15 Å². The van der Waals surface area contributed by atoms with Gasteiger partial charge >= 0.3 is 0 Å². The van der Waals surface area contributed by atoms with E-state index in [2.05, 4.69) is 15.3 Å². The van der Waals surface area contributed by atoms with E-state index in [1.54, 1.807) is 17.4 Å². The van der Waals surface area contributed by atoms with Crippen molar-refractivity contribution in [1.29, 1.82) is 0 Å². The average Bonchev–Trinajstić information content (AvgIpc) is 3.10. The predicted molar refractivity (Wildman–Crippen MR) is 102 cm³/mol. The van der Waals surface area contributed by atoms with Gasteiger partial charge in [-0.15, -0.1) is 11.3 Å². The van der Waals surface area contributed by atoms with E-state index in [4.69, 9.17) is 11.6 Å². The fourth-order valence-electron chi connectivity index (χ4n) is 2.59. The standard InChI is InChI=1S/C18H13ClN4OS/c1-11-20-13-6-5-12(10-15(13)25-11)21-17(24)8-7-14-18(19)22-16-4-2-3-9-23(14)16/h2-10H,1H3,(H,21,24)/b8-7+. The molecule has 0 spiro atoms. The highest BCUT2D eigenvalue weighted by Gasteiger charge is 2.08. The van der Waals surface area contributed by atoms with Crippen LogP contribution in [0, 0.1) is 6.92 Å². The van der Waals surface area contributed by atoms with Crippen molar-refractivity contribution >= 4 is 56.5 Å². The van der Waals surface area contributed by atoms with Crippen LogP contribution >= 0.6 is 22.9 Å². The fraction of sp³-hybridized carbons (Fsp3) is 0.0556. The summed E-state index contributed by atoms with van der Waals surface area (Å²) in [6.07, 6.45) is 4.96. The Labute approximate surface area is 152 Å². The lowest BCUT2D eigenvalue weighted by molar-refractivity contribution is -0.111. The van der Waals surface area contributed by atoms with Gasteiger partial charge in [-0.05, 0) is 43.3 Å². The van der Waals surface area contributed by atoms with Crippen LogP contribution < -0.4 is 5.32 Å². The highest BCUT2D eigenvalue weighted by atomic mass is 35.5. The van der Waals surface area contributed by atoms with Gasteiger partial charge in [0.1, 0.15) is 5.65 Å². The van der Waals surface area contributed by atoms with E-state index in [9.17, 15) is 4.79 Å². The van der Waals surface area contributed by atoms with E-state index in [1.165, 1.54) is 6.08 Å². The number of pyridine rings is 1. The predicted octanol–water partition coefficient (Wildman–Crippen LogP) is 4.56. The van der Waals surface area contributed by atoms with Crippen LogP contribution in [0.1, 0.15) is 10.7 Å². The van der Waals surface area contributed by atoms with Crippen LogP contribution in [0.15, 0.2) is 48.7 Å². The van der Waals surface area contributed by atoms with E-state index in [-0.39, 0.29) is 5.91 Å². The Balaban J connectivity index is 1.56. The number of hydrogen-bond acceptors (Lipinski definition) is 4. The molecule has 0 aliphatic rings. The Bertz CT molecular complexity index is 1130. The first-order chi connectivity index (χ1) is 12.1. The van der Waals surface area contributed by atoms with E-state index < -0.39 is 0 Å². The van der Waals surface area contributed by atoms with E-state index in [0.29, 0.717) is 10.8 Å². The molecule has 3 heterocycles. The van der Waals surface area contributed by atoms with Gasteiger partial charge in [0.2, 0.25) is 5.91 Å². The first-order valence-electron chi connectivity index (χ1n) is 7.59. The SMILES string of the molecule is Cc1nc2ccc(NC(=O)/C=C/c3c(Cl)nc4ccccn34)cc2s1. The van der Waals surface area contributed by atoms with Crippen molar-refractivity contribution in [3.05, 3.63) is 64.5 Å². The zero-order valence-corrected chi connectivity index (χ0v) is 14.8. The number of fused-ring (bicyclic) bond motifs is 2. The molecule has 4 rings (SSSR count). The number of carbonyl (C=O) groups excluding carboxylic acids is 1. The minimum absolute atomic E-state index is 0.234. The molecule has 0 aliphatic carbocycles. The molecular weight excluding hydrogens is 356 g/mol. The second kappa shape index (κ2) is 6.31. The molecule has 4 aromatic rings. The Kier molecular flexibility index (Phi) is 3.99. The minimum Gasteiger partial charge on any atom is -0.322 e. The normalized spacial score (nSPS) is 11.6. The summed E-state index contributed by atoms with van der Waals surface area (Å²) in [5.74, 6) is -0.234. The number of aryl methyl sites for hydroxylation is 1. The van der Waals surface area contributed by atoms with E-state index >= 15 is 0 Å². The summed E-state index contributed by atoms with van der Waals surface area (Å²) in [6.45, 7) is 1.96. The molecule has 124 valence electrons. The summed E-state index contributed by atoms with van der Waals surface area (Å²) in [4.78, 5) is 20.9. The molecule has 1 aromatic carbocycles. The van der Waals surface area contributed by atoms with Crippen LogP contribution in [0.25, 0.3) is 21.9 Å². The number of benzene rings is 1. The van der Waals surface area contributed by atoms with Gasteiger partial charge in [-0.3, -0.25) is 9.20 Å². The maximum atomic E-state index is 12.2. The highest BCUT2D eigenvalue weighted by Crippen LogP contribution is 2.25. The summed E-state index contributed by atoms with van der Waals surface area (Å²) in [5.41, 5.74) is 3.07. The number of thiazole rings is 1. The van der Waals surface area contributed by atoms with Crippen LogP contribution in [0.2, 0.25) is 5.15 Å². The largest absolute Gasteiger partial charge is 0.322 e. The zero-order valence-electron chi connectivity index (χ0n) is 13.2. The van der Waals surface area contributed by atoms with Gasteiger partial charge in [0, 0.05) is 18.0 Å². The molecule has 0 atom stereocenters. The van der Waals surface area contributed by atoms with Crippen LogP contribution in [-0.4, -0.2) is 20.3 Å². The molecule has 0 aliphatic heterocycles. The number of rotatable bonds is 3.